The number of cyclic esters (lactones) is 1. The monoisotopic (exact) mass is 342 g/mol. The zero-order chi connectivity index (χ0) is 14.5. The molecule has 0 aromatic heterocycles. The number of hydrogen-bond acceptors (Lipinski definition) is 5. The third-order valence-electron chi connectivity index (χ3n) is 2.84. The van der Waals surface area contributed by atoms with Crippen molar-refractivity contribution in [3.63, 3.8) is 0 Å². The van der Waals surface area contributed by atoms with E-state index in [9.17, 15) is 4.79 Å². The van der Waals surface area contributed by atoms with Gasteiger partial charge in [0, 0.05) is 5.33 Å². The Morgan fingerprint density at radius 3 is 2.65 bits per heavy atom. The van der Waals surface area contributed by atoms with Crippen LogP contribution in [0.4, 0.5) is 0 Å². The first-order valence-corrected chi connectivity index (χ1v) is 7.14. The van der Waals surface area contributed by atoms with Gasteiger partial charge in [-0.05, 0) is 17.7 Å². The maximum Gasteiger partial charge on any atom is 0.342 e. The summed E-state index contributed by atoms with van der Waals surface area (Å²) in [7, 11) is 3.11. The molecular formula is C14H15BrO5. The lowest BCUT2D eigenvalue weighted by molar-refractivity contribution is -0.134. The number of hydrogen-bond donors (Lipinski definition) is 0. The van der Waals surface area contributed by atoms with E-state index in [2.05, 4.69) is 15.9 Å². The highest BCUT2D eigenvalue weighted by Crippen LogP contribution is 2.34. The van der Waals surface area contributed by atoms with Gasteiger partial charge < -0.3 is 18.9 Å². The van der Waals surface area contributed by atoms with E-state index in [1.807, 2.05) is 0 Å². The fraction of sp³-hybridized carbons (Fsp3) is 0.357. The molecule has 1 aromatic rings. The molecule has 0 spiro atoms. The second kappa shape index (κ2) is 6.65. The topological polar surface area (TPSA) is 54.0 Å². The predicted molar refractivity (Wildman–Crippen MR) is 77.2 cm³/mol. The SMILES string of the molecule is COc1ccc(C2=C(OCCBr)COC2=O)cc1OC. The second-order valence-corrected chi connectivity index (χ2v) is 4.77. The van der Waals surface area contributed by atoms with Gasteiger partial charge in [-0.15, -0.1) is 0 Å². The molecule has 0 saturated carbocycles. The van der Waals surface area contributed by atoms with Crippen LogP contribution in [-0.4, -0.2) is 38.7 Å². The van der Waals surface area contributed by atoms with Crippen molar-refractivity contribution in [2.75, 3.05) is 32.8 Å². The Morgan fingerprint density at radius 2 is 2.00 bits per heavy atom. The van der Waals surface area contributed by atoms with E-state index in [1.165, 1.54) is 0 Å². The molecule has 1 heterocycles. The first-order valence-electron chi connectivity index (χ1n) is 6.02. The summed E-state index contributed by atoms with van der Waals surface area (Å²) in [5.41, 5.74) is 1.13. The predicted octanol–water partition coefficient (Wildman–Crippen LogP) is 2.38. The summed E-state index contributed by atoms with van der Waals surface area (Å²) in [5, 5.41) is 0.684. The summed E-state index contributed by atoms with van der Waals surface area (Å²) in [6.07, 6.45) is 0. The minimum atomic E-state index is -0.387. The van der Waals surface area contributed by atoms with Crippen molar-refractivity contribution in [3.8, 4) is 11.5 Å². The van der Waals surface area contributed by atoms with Gasteiger partial charge in [0.15, 0.2) is 11.5 Å². The maximum absolute atomic E-state index is 11.9. The number of ether oxygens (including phenoxy) is 4. The summed E-state index contributed by atoms with van der Waals surface area (Å²) < 4.78 is 21.0. The molecule has 0 saturated heterocycles. The molecular weight excluding hydrogens is 328 g/mol. The van der Waals surface area contributed by atoms with E-state index in [0.29, 0.717) is 40.3 Å². The van der Waals surface area contributed by atoms with Crippen LogP contribution >= 0.6 is 15.9 Å². The highest BCUT2D eigenvalue weighted by atomic mass is 79.9. The summed E-state index contributed by atoms with van der Waals surface area (Å²) in [6.45, 7) is 0.637. The average molecular weight is 343 g/mol. The third-order valence-corrected chi connectivity index (χ3v) is 3.17. The van der Waals surface area contributed by atoms with Crippen LogP contribution < -0.4 is 9.47 Å². The van der Waals surface area contributed by atoms with Crippen LogP contribution in [0.3, 0.4) is 0 Å². The van der Waals surface area contributed by atoms with Crippen LogP contribution in [-0.2, 0) is 14.3 Å². The molecule has 0 aliphatic carbocycles. The molecule has 0 unspecified atom stereocenters. The maximum atomic E-state index is 11.9. The van der Waals surface area contributed by atoms with Gasteiger partial charge in [-0.3, -0.25) is 0 Å². The van der Waals surface area contributed by atoms with Crippen LogP contribution in [0.5, 0.6) is 11.5 Å². The number of rotatable bonds is 6. The molecule has 0 bridgehead atoms. The molecule has 0 fully saturated rings. The van der Waals surface area contributed by atoms with Crippen LogP contribution in [0.25, 0.3) is 5.57 Å². The molecule has 20 heavy (non-hydrogen) atoms. The molecule has 1 aliphatic rings. The molecule has 0 N–H and O–H groups in total. The smallest absolute Gasteiger partial charge is 0.342 e. The molecule has 0 radical (unpaired) electrons. The first-order chi connectivity index (χ1) is 9.71. The average Bonchev–Trinajstić information content (AvgIpc) is 2.85. The first kappa shape index (κ1) is 14.7. The number of alkyl halides is 1. The van der Waals surface area contributed by atoms with Crippen molar-refractivity contribution in [1.29, 1.82) is 0 Å². The Hall–Kier alpha value is -1.69. The standard InChI is InChI=1S/C14H15BrO5/c1-17-10-4-3-9(7-11(10)18-2)13-12(19-6-5-15)8-20-14(13)16/h3-4,7H,5-6,8H2,1-2H3. The highest BCUT2D eigenvalue weighted by Gasteiger charge is 2.28. The highest BCUT2D eigenvalue weighted by molar-refractivity contribution is 9.09. The van der Waals surface area contributed by atoms with Crippen molar-refractivity contribution in [1.82, 2.24) is 0 Å². The van der Waals surface area contributed by atoms with Gasteiger partial charge in [-0.25, -0.2) is 4.79 Å². The van der Waals surface area contributed by atoms with Gasteiger partial charge in [0.1, 0.15) is 17.9 Å². The lowest BCUT2D eigenvalue weighted by atomic mass is 10.1. The van der Waals surface area contributed by atoms with Crippen molar-refractivity contribution in [2.24, 2.45) is 0 Å². The molecule has 0 amide bonds. The second-order valence-electron chi connectivity index (χ2n) is 3.98. The van der Waals surface area contributed by atoms with E-state index >= 15 is 0 Å². The van der Waals surface area contributed by atoms with E-state index in [-0.39, 0.29) is 12.6 Å². The third kappa shape index (κ3) is 2.90. The Kier molecular flexibility index (Phi) is 4.89. The van der Waals surface area contributed by atoms with Crippen molar-refractivity contribution in [3.05, 3.63) is 29.5 Å². The normalized spacial score (nSPS) is 14.2. The Labute approximate surface area is 125 Å². The minimum absolute atomic E-state index is 0.162. The van der Waals surface area contributed by atoms with E-state index in [0.717, 1.165) is 0 Å². The Bertz CT molecular complexity index is 538. The zero-order valence-corrected chi connectivity index (χ0v) is 12.9. The van der Waals surface area contributed by atoms with Crippen molar-refractivity contribution >= 4 is 27.5 Å². The molecule has 2 rings (SSSR count). The number of carbonyl (C=O) groups is 1. The van der Waals surface area contributed by atoms with Crippen LogP contribution in [0.1, 0.15) is 5.56 Å². The van der Waals surface area contributed by atoms with Crippen LogP contribution in [0.15, 0.2) is 24.0 Å². The van der Waals surface area contributed by atoms with E-state index in [4.69, 9.17) is 18.9 Å². The number of carbonyl (C=O) groups excluding carboxylic acids is 1. The lowest BCUT2D eigenvalue weighted by Crippen LogP contribution is -2.01. The van der Waals surface area contributed by atoms with Crippen molar-refractivity contribution in [2.45, 2.75) is 0 Å². The fourth-order valence-electron chi connectivity index (χ4n) is 1.94. The molecule has 5 nitrogen and oxygen atoms in total. The van der Waals surface area contributed by atoms with Gasteiger partial charge in [0.25, 0.3) is 0 Å². The molecule has 6 heteroatoms. The largest absolute Gasteiger partial charge is 0.493 e. The fourth-order valence-corrected chi connectivity index (χ4v) is 2.10. The number of esters is 1. The number of methoxy groups -OCH3 is 2. The van der Waals surface area contributed by atoms with Crippen molar-refractivity contribution < 1.29 is 23.7 Å². The summed E-state index contributed by atoms with van der Waals surface area (Å²) in [4.78, 5) is 11.9. The lowest BCUT2D eigenvalue weighted by Gasteiger charge is -2.10. The molecule has 0 atom stereocenters. The van der Waals surface area contributed by atoms with Gasteiger partial charge in [0.2, 0.25) is 0 Å². The molecule has 1 aliphatic heterocycles. The minimum Gasteiger partial charge on any atom is -0.493 e. The van der Waals surface area contributed by atoms with Gasteiger partial charge in [0.05, 0.1) is 20.8 Å². The quantitative estimate of drug-likeness (QED) is 0.586. The van der Waals surface area contributed by atoms with E-state index < -0.39 is 0 Å². The summed E-state index contributed by atoms with van der Waals surface area (Å²) >= 11 is 3.28. The van der Waals surface area contributed by atoms with Crippen LogP contribution in [0.2, 0.25) is 0 Å². The summed E-state index contributed by atoms with van der Waals surface area (Å²) in [6, 6.07) is 5.26. The zero-order valence-electron chi connectivity index (χ0n) is 11.3. The van der Waals surface area contributed by atoms with Crippen LogP contribution in [0, 0.1) is 0 Å². The Morgan fingerprint density at radius 1 is 1.25 bits per heavy atom. The van der Waals surface area contributed by atoms with Gasteiger partial charge >= 0.3 is 5.97 Å². The summed E-state index contributed by atoms with van der Waals surface area (Å²) in [5.74, 6) is 1.31. The molecule has 108 valence electrons. The van der Waals surface area contributed by atoms with E-state index in [1.54, 1.807) is 32.4 Å². The molecule has 1 aromatic carbocycles. The van der Waals surface area contributed by atoms with Gasteiger partial charge in [-0.2, -0.15) is 0 Å². The van der Waals surface area contributed by atoms with Gasteiger partial charge in [-0.1, -0.05) is 22.0 Å². The number of halogens is 1. The Balaban J connectivity index is 2.39. The number of benzene rings is 1.